The van der Waals surface area contributed by atoms with E-state index in [1.165, 1.54) is 6.54 Å². The van der Waals surface area contributed by atoms with E-state index in [0.29, 0.717) is 6.54 Å². The van der Waals surface area contributed by atoms with Gasteiger partial charge in [0.1, 0.15) is 0 Å². The fraction of sp³-hybridized carbons (Fsp3) is 0.938. The molecule has 0 aromatic heterocycles. The van der Waals surface area contributed by atoms with Gasteiger partial charge in [0.25, 0.3) is 0 Å². The monoisotopic (exact) mass is 297 g/mol. The molecule has 2 heterocycles. The van der Waals surface area contributed by atoms with Crippen LogP contribution in [0, 0.1) is 11.8 Å². The van der Waals surface area contributed by atoms with Gasteiger partial charge in [0, 0.05) is 39.3 Å². The van der Waals surface area contributed by atoms with E-state index in [2.05, 4.69) is 11.8 Å². The zero-order valence-corrected chi connectivity index (χ0v) is 13.4. The number of hydrogen-bond acceptors (Lipinski definition) is 4. The van der Waals surface area contributed by atoms with Crippen molar-refractivity contribution in [1.29, 1.82) is 0 Å². The van der Waals surface area contributed by atoms with Crippen LogP contribution in [0.5, 0.6) is 0 Å². The van der Waals surface area contributed by atoms with Gasteiger partial charge >= 0.3 is 0 Å². The molecule has 0 radical (unpaired) electrons. The van der Waals surface area contributed by atoms with Crippen molar-refractivity contribution in [3.63, 3.8) is 0 Å². The summed E-state index contributed by atoms with van der Waals surface area (Å²) in [6.07, 6.45) is 4.21. The lowest BCUT2D eigenvalue weighted by molar-refractivity contribution is -0.137. The quantitative estimate of drug-likeness (QED) is 0.792. The van der Waals surface area contributed by atoms with Crippen molar-refractivity contribution < 1.29 is 9.53 Å². The van der Waals surface area contributed by atoms with Crippen LogP contribution in [0.4, 0.5) is 0 Å². The van der Waals surface area contributed by atoms with Crippen LogP contribution in [0.3, 0.4) is 0 Å². The molecule has 2 rings (SSSR count). The van der Waals surface area contributed by atoms with Crippen LogP contribution < -0.4 is 5.73 Å². The van der Waals surface area contributed by atoms with E-state index in [9.17, 15) is 4.79 Å². The Hall–Kier alpha value is -0.650. The van der Waals surface area contributed by atoms with Gasteiger partial charge in [-0.1, -0.05) is 13.3 Å². The van der Waals surface area contributed by atoms with Gasteiger partial charge in [0.15, 0.2) is 0 Å². The summed E-state index contributed by atoms with van der Waals surface area (Å²) in [5.41, 5.74) is 5.75. The third-order valence-corrected chi connectivity index (χ3v) is 4.82. The highest BCUT2D eigenvalue weighted by molar-refractivity contribution is 5.79. The maximum atomic E-state index is 12.4. The van der Waals surface area contributed by atoms with Crippen molar-refractivity contribution in [3.8, 4) is 0 Å². The summed E-state index contributed by atoms with van der Waals surface area (Å²) in [5, 5.41) is 0. The normalized spacial score (nSPS) is 23.2. The summed E-state index contributed by atoms with van der Waals surface area (Å²) >= 11 is 0. The van der Waals surface area contributed by atoms with Crippen LogP contribution in [0.1, 0.15) is 32.6 Å². The van der Waals surface area contributed by atoms with Crippen molar-refractivity contribution in [2.24, 2.45) is 17.6 Å². The van der Waals surface area contributed by atoms with Gasteiger partial charge < -0.3 is 15.4 Å². The van der Waals surface area contributed by atoms with Crippen LogP contribution >= 0.6 is 0 Å². The molecule has 2 aliphatic rings. The van der Waals surface area contributed by atoms with E-state index in [1.807, 2.05) is 4.90 Å². The van der Waals surface area contributed by atoms with Gasteiger partial charge in [-0.2, -0.15) is 0 Å². The average molecular weight is 297 g/mol. The predicted molar refractivity (Wildman–Crippen MR) is 84.0 cm³/mol. The molecule has 0 aromatic carbocycles. The molecular formula is C16H31N3O2. The molecule has 5 nitrogen and oxygen atoms in total. The van der Waals surface area contributed by atoms with Crippen LogP contribution in [0.2, 0.25) is 0 Å². The first-order valence-corrected chi connectivity index (χ1v) is 8.53. The number of likely N-dealkylation sites (tertiary alicyclic amines) is 1. The van der Waals surface area contributed by atoms with E-state index in [4.69, 9.17) is 10.5 Å². The number of amides is 1. The number of ether oxygens (including phenoxy) is 1. The first-order chi connectivity index (χ1) is 10.2. The fourth-order valence-electron chi connectivity index (χ4n) is 3.43. The molecule has 0 bridgehead atoms. The number of rotatable bonds is 6. The second-order valence-corrected chi connectivity index (χ2v) is 6.40. The maximum Gasteiger partial charge on any atom is 0.226 e. The SMILES string of the molecule is CCCC(CN)C(=O)N1CCC(CN2CCOCC2)CC1. The van der Waals surface area contributed by atoms with E-state index < -0.39 is 0 Å². The Kier molecular flexibility index (Phi) is 6.93. The first kappa shape index (κ1) is 16.7. The molecule has 1 amide bonds. The summed E-state index contributed by atoms with van der Waals surface area (Å²) in [6, 6.07) is 0. The lowest BCUT2D eigenvalue weighted by Gasteiger charge is -2.37. The van der Waals surface area contributed by atoms with Gasteiger partial charge in [-0.3, -0.25) is 9.69 Å². The molecule has 1 unspecified atom stereocenters. The van der Waals surface area contributed by atoms with Gasteiger partial charge in [-0.25, -0.2) is 0 Å². The number of piperidine rings is 1. The molecule has 122 valence electrons. The summed E-state index contributed by atoms with van der Waals surface area (Å²) in [4.78, 5) is 17.0. The van der Waals surface area contributed by atoms with Crippen LogP contribution in [-0.4, -0.2) is 68.2 Å². The Morgan fingerprint density at radius 2 is 1.90 bits per heavy atom. The second kappa shape index (κ2) is 8.71. The summed E-state index contributed by atoms with van der Waals surface area (Å²) < 4.78 is 5.39. The Morgan fingerprint density at radius 1 is 1.24 bits per heavy atom. The molecule has 2 saturated heterocycles. The minimum atomic E-state index is 0.0331. The summed E-state index contributed by atoms with van der Waals surface area (Å²) in [7, 11) is 0. The zero-order chi connectivity index (χ0) is 15.1. The van der Waals surface area contributed by atoms with Crippen molar-refractivity contribution in [1.82, 2.24) is 9.80 Å². The molecule has 0 aliphatic carbocycles. The minimum absolute atomic E-state index is 0.0331. The molecule has 0 spiro atoms. The second-order valence-electron chi connectivity index (χ2n) is 6.40. The summed E-state index contributed by atoms with van der Waals surface area (Å²) in [6.45, 7) is 9.45. The van der Waals surface area contributed by atoms with Gasteiger partial charge in [0.05, 0.1) is 19.1 Å². The smallest absolute Gasteiger partial charge is 0.226 e. The van der Waals surface area contributed by atoms with Gasteiger partial charge in [-0.05, 0) is 25.2 Å². The molecule has 0 saturated carbocycles. The first-order valence-electron chi connectivity index (χ1n) is 8.53. The number of nitrogens with two attached hydrogens (primary N) is 1. The average Bonchev–Trinajstić information content (AvgIpc) is 2.54. The molecule has 0 aromatic rings. The van der Waals surface area contributed by atoms with E-state index >= 15 is 0 Å². The van der Waals surface area contributed by atoms with E-state index in [-0.39, 0.29) is 11.8 Å². The molecule has 2 fully saturated rings. The molecule has 2 N–H and O–H groups in total. The minimum Gasteiger partial charge on any atom is -0.379 e. The van der Waals surface area contributed by atoms with Gasteiger partial charge in [-0.15, -0.1) is 0 Å². The topological polar surface area (TPSA) is 58.8 Å². The highest BCUT2D eigenvalue weighted by Crippen LogP contribution is 2.21. The van der Waals surface area contributed by atoms with Crippen molar-refractivity contribution in [2.75, 3.05) is 52.5 Å². The molecule has 5 heteroatoms. The maximum absolute atomic E-state index is 12.4. The van der Waals surface area contributed by atoms with Crippen molar-refractivity contribution >= 4 is 5.91 Å². The largest absolute Gasteiger partial charge is 0.379 e. The third kappa shape index (κ3) is 4.94. The van der Waals surface area contributed by atoms with Crippen LogP contribution in [0.15, 0.2) is 0 Å². The lowest BCUT2D eigenvalue weighted by Crippen LogP contribution is -2.46. The van der Waals surface area contributed by atoms with Gasteiger partial charge in [0.2, 0.25) is 5.91 Å². The lowest BCUT2D eigenvalue weighted by atomic mass is 9.94. The molecule has 21 heavy (non-hydrogen) atoms. The Labute approximate surface area is 128 Å². The fourth-order valence-corrected chi connectivity index (χ4v) is 3.43. The number of morpholine rings is 1. The molecule has 2 aliphatic heterocycles. The molecule has 1 atom stereocenters. The predicted octanol–water partition coefficient (Wildman–Crippen LogP) is 0.932. The van der Waals surface area contributed by atoms with Crippen molar-refractivity contribution in [3.05, 3.63) is 0 Å². The number of hydrogen-bond donors (Lipinski definition) is 1. The highest BCUT2D eigenvalue weighted by Gasteiger charge is 2.28. The standard InChI is InChI=1S/C16H31N3O2/c1-2-3-15(12-17)16(20)19-6-4-14(5-7-19)13-18-8-10-21-11-9-18/h14-15H,2-13,17H2,1H3. The number of nitrogens with zero attached hydrogens (tertiary/aromatic N) is 2. The molecular weight excluding hydrogens is 266 g/mol. The van der Waals surface area contributed by atoms with E-state index in [1.54, 1.807) is 0 Å². The van der Waals surface area contributed by atoms with Crippen molar-refractivity contribution in [2.45, 2.75) is 32.6 Å². The number of carbonyl (C=O) groups excluding carboxylic acids is 1. The van der Waals surface area contributed by atoms with Crippen LogP contribution in [-0.2, 0) is 9.53 Å². The third-order valence-electron chi connectivity index (χ3n) is 4.82. The Balaban J connectivity index is 1.73. The Bertz CT molecular complexity index is 311. The van der Waals surface area contributed by atoms with E-state index in [0.717, 1.165) is 71.0 Å². The highest BCUT2D eigenvalue weighted by atomic mass is 16.5. The number of carbonyl (C=O) groups is 1. The zero-order valence-electron chi connectivity index (χ0n) is 13.4. The Morgan fingerprint density at radius 3 is 2.48 bits per heavy atom. The van der Waals surface area contributed by atoms with Crippen LogP contribution in [0.25, 0.3) is 0 Å². The summed E-state index contributed by atoms with van der Waals surface area (Å²) in [5.74, 6) is 1.05.